The zero-order valence-electron chi connectivity index (χ0n) is 33.1. The quantitative estimate of drug-likeness (QED) is 0.237. The number of esters is 5. The van der Waals surface area contributed by atoms with E-state index in [1.807, 2.05) is 20.8 Å². The molecule has 6 aliphatic carbocycles. The monoisotopic (exact) mass is 772 g/mol. The minimum Gasteiger partial charge on any atom is -0.459 e. The van der Waals surface area contributed by atoms with Gasteiger partial charge >= 0.3 is 29.8 Å². The number of carbonyl (C=O) groups is 6. The van der Waals surface area contributed by atoms with Crippen LogP contribution >= 0.6 is 0 Å². The first kappa shape index (κ1) is 37.4. The lowest BCUT2D eigenvalue weighted by atomic mass is 9.35. The summed E-state index contributed by atoms with van der Waals surface area (Å²) in [7, 11) is 0. The Bertz CT molecular complexity index is 1870. The number of ketones is 1. The smallest absolute Gasteiger partial charge is 0.341 e. The number of fused-ring (bicyclic) bond motifs is 7. The summed E-state index contributed by atoms with van der Waals surface area (Å²) < 4.78 is 43.3. The van der Waals surface area contributed by atoms with Crippen LogP contribution in [0.4, 0.5) is 0 Å². The normalized spacial score (nSPS) is 57.0. The summed E-state index contributed by atoms with van der Waals surface area (Å²) in [4.78, 5) is 82.6. The lowest BCUT2D eigenvalue weighted by Crippen LogP contribution is -2.75. The highest BCUT2D eigenvalue weighted by Gasteiger charge is 3.02. The van der Waals surface area contributed by atoms with E-state index in [0.29, 0.717) is 0 Å². The number of hydrogen-bond donors (Lipinski definition) is 2. The molecule has 1 spiro atoms. The molecule has 9 aliphatic rings. The summed E-state index contributed by atoms with van der Waals surface area (Å²) in [5.74, 6) is -11.3. The minimum absolute atomic E-state index is 0.0671. The maximum absolute atomic E-state index is 15.7. The Hall–Kier alpha value is -3.14. The summed E-state index contributed by atoms with van der Waals surface area (Å²) >= 11 is 0. The van der Waals surface area contributed by atoms with E-state index in [2.05, 4.69) is 0 Å². The van der Waals surface area contributed by atoms with Crippen molar-refractivity contribution in [3.05, 3.63) is 0 Å². The number of hydrogen-bond acceptors (Lipinski definition) is 15. The highest BCUT2D eigenvalue weighted by atomic mass is 16.8. The molecule has 0 amide bonds. The summed E-state index contributed by atoms with van der Waals surface area (Å²) in [6.45, 7) is 17.3. The molecular formula is C40H52O15. The van der Waals surface area contributed by atoms with Gasteiger partial charge in [0, 0.05) is 61.2 Å². The fraction of sp³-hybridized carbons (Fsp3) is 0.850. The highest BCUT2D eigenvalue weighted by Crippen LogP contribution is 2.93. The lowest BCUT2D eigenvalue weighted by Gasteiger charge is -2.68. The van der Waals surface area contributed by atoms with Crippen LogP contribution in [0.15, 0.2) is 0 Å². The topological polar surface area (TPSA) is 214 Å². The van der Waals surface area contributed by atoms with Crippen molar-refractivity contribution in [3.63, 3.8) is 0 Å². The molecule has 9 rings (SSSR count). The summed E-state index contributed by atoms with van der Waals surface area (Å²) in [5, 5.41) is 25.7. The second-order valence-electron chi connectivity index (χ2n) is 20.1. The van der Waals surface area contributed by atoms with E-state index in [9.17, 15) is 34.2 Å². The number of Topliss-reactive ketones (excluding diaryl/α,β-unsaturated/α-hetero) is 1. The fourth-order valence-corrected chi connectivity index (χ4v) is 14.9. The van der Waals surface area contributed by atoms with Crippen LogP contribution in [0.1, 0.15) is 89.0 Å². The third-order valence-electron chi connectivity index (χ3n) is 16.9. The Balaban J connectivity index is 1.32. The van der Waals surface area contributed by atoms with E-state index in [4.69, 9.17) is 33.2 Å². The Morgan fingerprint density at radius 1 is 0.873 bits per heavy atom. The number of aliphatic hydroxyl groups is 2. The van der Waals surface area contributed by atoms with Crippen LogP contribution in [0.25, 0.3) is 0 Å². The zero-order valence-corrected chi connectivity index (χ0v) is 33.1. The SMILES string of the molecule is CC(=O)O[C@H]1[C@H]2[C@@H](C(=O)C(OC(=O)C(C)(C)C)[C@H]3C[C@@H]4O[C@@H]4[C@H](OC(C)=O)[C@]23C)[C@@H]2[C@@]3(O)C[C@@]4([C@H](C)[C@H]5O[C@]56OC(=O)[C@@](C)(O)[C@]6(C)[C@H]34)[C@@]2(C)[C@H]1OC(C)=O. The predicted octanol–water partition coefficient (Wildman–Crippen LogP) is 1.79. The lowest BCUT2D eigenvalue weighted by molar-refractivity contribution is -0.295. The van der Waals surface area contributed by atoms with Crippen LogP contribution in [0.5, 0.6) is 0 Å². The molecule has 0 aromatic carbocycles. The molecule has 6 saturated carbocycles. The van der Waals surface area contributed by atoms with Crippen molar-refractivity contribution < 1.29 is 72.1 Å². The maximum Gasteiger partial charge on any atom is 0.341 e. The Morgan fingerprint density at radius 2 is 1.47 bits per heavy atom. The zero-order chi connectivity index (χ0) is 40.3. The van der Waals surface area contributed by atoms with Crippen LogP contribution in [-0.2, 0) is 61.9 Å². The van der Waals surface area contributed by atoms with Gasteiger partial charge in [-0.05, 0) is 58.8 Å². The van der Waals surface area contributed by atoms with Crippen molar-refractivity contribution in [2.45, 2.75) is 149 Å². The second-order valence-corrected chi connectivity index (χ2v) is 20.1. The van der Waals surface area contributed by atoms with Crippen molar-refractivity contribution >= 4 is 35.6 Å². The molecule has 15 nitrogen and oxygen atoms in total. The van der Waals surface area contributed by atoms with Crippen molar-refractivity contribution in [3.8, 4) is 0 Å². The molecule has 20 atom stereocenters. The first-order chi connectivity index (χ1) is 25.2. The third-order valence-corrected chi connectivity index (χ3v) is 16.9. The molecule has 9 fully saturated rings. The van der Waals surface area contributed by atoms with Crippen LogP contribution < -0.4 is 0 Å². The Kier molecular flexibility index (Phi) is 7.00. The van der Waals surface area contributed by atoms with E-state index >= 15 is 4.79 Å². The molecule has 3 saturated heterocycles. The van der Waals surface area contributed by atoms with E-state index in [-0.39, 0.29) is 12.8 Å². The van der Waals surface area contributed by atoms with Crippen LogP contribution in [0, 0.1) is 62.6 Å². The molecule has 0 radical (unpaired) electrons. The van der Waals surface area contributed by atoms with Crippen LogP contribution in [0.2, 0.25) is 0 Å². The third kappa shape index (κ3) is 3.84. The van der Waals surface area contributed by atoms with E-state index in [0.717, 1.165) is 0 Å². The Labute approximate surface area is 318 Å². The van der Waals surface area contributed by atoms with Gasteiger partial charge < -0.3 is 43.4 Å². The van der Waals surface area contributed by atoms with Crippen molar-refractivity contribution in [2.75, 3.05) is 0 Å². The van der Waals surface area contributed by atoms with Gasteiger partial charge in [0.25, 0.3) is 0 Å². The van der Waals surface area contributed by atoms with Gasteiger partial charge in [-0.2, -0.15) is 0 Å². The van der Waals surface area contributed by atoms with Gasteiger partial charge in [0.1, 0.15) is 30.5 Å². The fourth-order valence-electron chi connectivity index (χ4n) is 14.9. The summed E-state index contributed by atoms with van der Waals surface area (Å²) in [6.07, 6.45) is -6.41. The second kappa shape index (κ2) is 10.3. The van der Waals surface area contributed by atoms with Gasteiger partial charge in [0.2, 0.25) is 5.79 Å². The molecule has 15 heteroatoms. The number of epoxide rings is 2. The van der Waals surface area contributed by atoms with Crippen LogP contribution in [-0.4, -0.2) is 106 Å². The van der Waals surface area contributed by atoms with Crippen molar-refractivity contribution in [2.24, 2.45) is 62.6 Å². The number of ether oxygens (including phenoxy) is 7. The number of rotatable bonds is 4. The molecule has 3 aliphatic heterocycles. The first-order valence-electron chi connectivity index (χ1n) is 19.5. The average Bonchev–Trinajstić information content (AvgIpc) is 3.94. The van der Waals surface area contributed by atoms with E-state index in [1.165, 1.54) is 27.7 Å². The average molecular weight is 773 g/mol. The predicted molar refractivity (Wildman–Crippen MR) is 182 cm³/mol. The molecule has 0 aromatic rings. The molecule has 0 aromatic heterocycles. The van der Waals surface area contributed by atoms with Gasteiger partial charge in [-0.3, -0.25) is 24.0 Å². The van der Waals surface area contributed by atoms with Gasteiger partial charge in [0.05, 0.1) is 22.5 Å². The molecular weight excluding hydrogens is 720 g/mol. The molecule has 55 heavy (non-hydrogen) atoms. The molecule has 1 unspecified atom stereocenters. The first-order valence-corrected chi connectivity index (χ1v) is 19.5. The van der Waals surface area contributed by atoms with Gasteiger partial charge in [-0.1, -0.05) is 20.8 Å². The molecule has 302 valence electrons. The largest absolute Gasteiger partial charge is 0.459 e. The maximum atomic E-state index is 15.7. The highest BCUT2D eigenvalue weighted by molar-refractivity contribution is 5.92. The van der Waals surface area contributed by atoms with Gasteiger partial charge in [-0.15, -0.1) is 0 Å². The number of carbonyl (C=O) groups excluding carboxylic acids is 6. The molecule has 2 bridgehead atoms. The van der Waals surface area contributed by atoms with Crippen LogP contribution in [0.3, 0.4) is 0 Å². The molecule has 2 N–H and O–H groups in total. The standard InChI is InChI=1S/C40H52O15/c1-14-27-40(54-27)36(10,37(11,47)32(46)55-40)30-38(14)13-39(30,48)26-20-21(25(49-15(2)41)29(35(26,38)9)51-17(4)43)34(8)18(12-19-24(52-19)28(34)50-16(3)42)23(22(20)44)53-31(45)33(5,6)7/h14,18-21,23-30,47-48H,12-13H2,1-11H3/t14-,18-,19+,20+,21-,23?,24+,25+,26+,27-,28+,29+,30+,34+,35-,36+,37-,38+,39+,40+/m1/s1. The van der Waals surface area contributed by atoms with Crippen molar-refractivity contribution in [1.82, 2.24) is 0 Å². The van der Waals surface area contributed by atoms with E-state index in [1.54, 1.807) is 27.7 Å². The summed E-state index contributed by atoms with van der Waals surface area (Å²) in [5.41, 5.74) is -10.3. The van der Waals surface area contributed by atoms with E-state index < -0.39 is 158 Å². The molecule has 3 heterocycles. The Morgan fingerprint density at radius 3 is 2.05 bits per heavy atom. The van der Waals surface area contributed by atoms with Gasteiger partial charge in [-0.25, -0.2) is 4.79 Å². The minimum atomic E-state index is -2.15. The van der Waals surface area contributed by atoms with Gasteiger partial charge in [0.15, 0.2) is 17.5 Å². The van der Waals surface area contributed by atoms with Crippen molar-refractivity contribution in [1.29, 1.82) is 0 Å². The summed E-state index contributed by atoms with van der Waals surface area (Å²) in [6, 6.07) is 0.